The van der Waals surface area contributed by atoms with Gasteiger partial charge in [-0.2, -0.15) is 16.9 Å². The summed E-state index contributed by atoms with van der Waals surface area (Å²) in [5.41, 5.74) is 5.22. The summed E-state index contributed by atoms with van der Waals surface area (Å²) in [6.45, 7) is 0. The normalized spacial score (nSPS) is 17.8. The number of hydrazine groups is 1. The van der Waals surface area contributed by atoms with Gasteiger partial charge in [-0.1, -0.05) is 18.2 Å². The molecule has 1 aliphatic heterocycles. The van der Waals surface area contributed by atoms with Gasteiger partial charge < -0.3 is 0 Å². The smallest absolute Gasteiger partial charge is 0.0649 e. The highest BCUT2D eigenvalue weighted by Crippen LogP contribution is 2.31. The molecule has 1 fully saturated rings. The highest BCUT2D eigenvalue weighted by molar-refractivity contribution is 7.99. The minimum absolute atomic E-state index is 0.154. The van der Waals surface area contributed by atoms with Crippen LogP contribution in [0.5, 0.6) is 0 Å². The van der Waals surface area contributed by atoms with Gasteiger partial charge in [0, 0.05) is 6.20 Å². The predicted octanol–water partition coefficient (Wildman–Crippen LogP) is 2.91. The third-order valence-electron chi connectivity index (χ3n) is 4.14. The van der Waals surface area contributed by atoms with Crippen LogP contribution in [0.1, 0.15) is 31.0 Å². The topological polar surface area (TPSA) is 55.9 Å². The Hall–Kier alpha value is -1.30. The van der Waals surface area contributed by atoms with Crippen molar-refractivity contribution in [2.75, 3.05) is 11.5 Å². The Morgan fingerprint density at radius 2 is 2.00 bits per heavy atom. The molecule has 1 aromatic heterocycles. The maximum absolute atomic E-state index is 5.83. The number of nitrogens with zero attached hydrogens (tertiary/aromatic N) is 2. The van der Waals surface area contributed by atoms with Gasteiger partial charge in [-0.25, -0.2) is 4.68 Å². The molecule has 1 atom stereocenters. The third-order valence-corrected chi connectivity index (χ3v) is 5.19. The summed E-state index contributed by atoms with van der Waals surface area (Å²) < 4.78 is 1.99. The first-order valence-corrected chi connectivity index (χ1v) is 8.67. The number of benzene rings is 1. The van der Waals surface area contributed by atoms with Gasteiger partial charge in [-0.05, 0) is 54.9 Å². The number of aromatic nitrogens is 2. The summed E-state index contributed by atoms with van der Waals surface area (Å²) in [5, 5.41) is 4.47. The fourth-order valence-electron chi connectivity index (χ4n) is 2.95. The van der Waals surface area contributed by atoms with Gasteiger partial charge in [0.2, 0.25) is 0 Å². The molecule has 3 rings (SSSR count). The summed E-state index contributed by atoms with van der Waals surface area (Å²) in [5.74, 6) is 9.14. The Morgan fingerprint density at radius 1 is 1.24 bits per heavy atom. The van der Waals surface area contributed by atoms with E-state index in [2.05, 4.69) is 40.5 Å². The summed E-state index contributed by atoms with van der Waals surface area (Å²) in [4.78, 5) is 0. The molecular formula is C16H22N4S. The SMILES string of the molecule is NNC(CC1CCSCC1)c1ccnn1-c1ccccc1. The van der Waals surface area contributed by atoms with Crippen LogP contribution in [-0.4, -0.2) is 21.3 Å². The van der Waals surface area contributed by atoms with E-state index in [4.69, 9.17) is 5.84 Å². The fourth-order valence-corrected chi connectivity index (χ4v) is 4.16. The van der Waals surface area contributed by atoms with Gasteiger partial charge in [-0.3, -0.25) is 11.3 Å². The second-order valence-electron chi connectivity index (χ2n) is 5.51. The summed E-state index contributed by atoms with van der Waals surface area (Å²) in [6.07, 6.45) is 5.52. The molecule has 2 aromatic rings. The number of nitrogens with two attached hydrogens (primary N) is 1. The van der Waals surface area contributed by atoms with Crippen molar-refractivity contribution in [2.24, 2.45) is 11.8 Å². The molecule has 0 bridgehead atoms. The Labute approximate surface area is 130 Å². The van der Waals surface area contributed by atoms with Crippen molar-refractivity contribution in [2.45, 2.75) is 25.3 Å². The lowest BCUT2D eigenvalue weighted by atomic mass is 9.93. The molecule has 1 aromatic carbocycles. The lowest BCUT2D eigenvalue weighted by Gasteiger charge is -2.26. The maximum atomic E-state index is 5.83. The van der Waals surface area contributed by atoms with E-state index < -0.39 is 0 Å². The van der Waals surface area contributed by atoms with E-state index in [1.807, 2.05) is 29.1 Å². The number of rotatable bonds is 5. The number of thioether (sulfide) groups is 1. The van der Waals surface area contributed by atoms with E-state index in [1.54, 1.807) is 0 Å². The van der Waals surface area contributed by atoms with Crippen LogP contribution in [-0.2, 0) is 0 Å². The van der Waals surface area contributed by atoms with Crippen LogP contribution in [0.3, 0.4) is 0 Å². The first kappa shape index (κ1) is 14.6. The lowest BCUT2D eigenvalue weighted by molar-refractivity contribution is 0.365. The Balaban J connectivity index is 1.79. The van der Waals surface area contributed by atoms with Gasteiger partial charge in [0.15, 0.2) is 0 Å². The van der Waals surface area contributed by atoms with Crippen molar-refractivity contribution in [1.82, 2.24) is 15.2 Å². The first-order valence-electron chi connectivity index (χ1n) is 7.51. The molecule has 5 heteroatoms. The highest BCUT2D eigenvalue weighted by atomic mass is 32.2. The van der Waals surface area contributed by atoms with E-state index in [0.29, 0.717) is 0 Å². The van der Waals surface area contributed by atoms with E-state index in [1.165, 1.54) is 24.3 Å². The maximum Gasteiger partial charge on any atom is 0.0649 e. The summed E-state index contributed by atoms with van der Waals surface area (Å²) in [7, 11) is 0. The van der Waals surface area contributed by atoms with Crippen molar-refractivity contribution in [3.63, 3.8) is 0 Å². The molecule has 1 saturated heterocycles. The van der Waals surface area contributed by atoms with Crippen LogP contribution in [0, 0.1) is 5.92 Å². The number of hydrogen-bond acceptors (Lipinski definition) is 4. The molecule has 112 valence electrons. The minimum Gasteiger partial charge on any atom is -0.271 e. The van der Waals surface area contributed by atoms with Crippen LogP contribution in [0.4, 0.5) is 0 Å². The molecule has 0 radical (unpaired) electrons. The van der Waals surface area contributed by atoms with Crippen molar-refractivity contribution in [1.29, 1.82) is 0 Å². The predicted molar refractivity (Wildman–Crippen MR) is 88.3 cm³/mol. The van der Waals surface area contributed by atoms with Crippen LogP contribution >= 0.6 is 11.8 Å². The average molecular weight is 302 g/mol. The zero-order chi connectivity index (χ0) is 14.5. The Morgan fingerprint density at radius 3 is 2.71 bits per heavy atom. The zero-order valence-electron chi connectivity index (χ0n) is 12.1. The number of nitrogens with one attached hydrogen (secondary N) is 1. The second kappa shape index (κ2) is 7.11. The van der Waals surface area contributed by atoms with Gasteiger partial charge in [0.1, 0.15) is 0 Å². The fraction of sp³-hybridized carbons (Fsp3) is 0.438. The molecule has 0 saturated carbocycles. The first-order chi connectivity index (χ1) is 10.4. The molecule has 0 aliphatic carbocycles. The molecule has 0 spiro atoms. The molecule has 0 amide bonds. The van der Waals surface area contributed by atoms with Gasteiger partial charge in [-0.15, -0.1) is 0 Å². The highest BCUT2D eigenvalue weighted by Gasteiger charge is 2.22. The van der Waals surface area contributed by atoms with Gasteiger partial charge in [0.25, 0.3) is 0 Å². The van der Waals surface area contributed by atoms with Crippen molar-refractivity contribution in [3.8, 4) is 5.69 Å². The van der Waals surface area contributed by atoms with Crippen LogP contribution in [0.25, 0.3) is 5.69 Å². The Bertz CT molecular complexity index is 548. The Kier molecular flexibility index (Phi) is 4.95. The van der Waals surface area contributed by atoms with Gasteiger partial charge >= 0.3 is 0 Å². The lowest BCUT2D eigenvalue weighted by Crippen LogP contribution is -2.32. The summed E-state index contributed by atoms with van der Waals surface area (Å²) >= 11 is 2.06. The molecule has 21 heavy (non-hydrogen) atoms. The molecule has 2 heterocycles. The quantitative estimate of drug-likeness (QED) is 0.658. The minimum atomic E-state index is 0.154. The summed E-state index contributed by atoms with van der Waals surface area (Å²) in [6, 6.07) is 12.4. The number of hydrogen-bond donors (Lipinski definition) is 2. The monoisotopic (exact) mass is 302 g/mol. The van der Waals surface area contributed by atoms with Crippen LogP contribution < -0.4 is 11.3 Å². The largest absolute Gasteiger partial charge is 0.271 e. The molecule has 3 N–H and O–H groups in total. The average Bonchev–Trinajstić information content (AvgIpc) is 3.04. The zero-order valence-corrected chi connectivity index (χ0v) is 12.9. The molecular weight excluding hydrogens is 280 g/mol. The standard InChI is InChI=1S/C16H22N4S/c17-19-15(12-13-7-10-21-11-8-13)16-6-9-18-20(16)14-4-2-1-3-5-14/h1-6,9,13,15,19H,7-8,10-12,17H2. The van der Waals surface area contributed by atoms with Crippen molar-refractivity contribution < 1.29 is 0 Å². The van der Waals surface area contributed by atoms with Crippen molar-refractivity contribution in [3.05, 3.63) is 48.3 Å². The van der Waals surface area contributed by atoms with Crippen LogP contribution in [0.2, 0.25) is 0 Å². The second-order valence-corrected chi connectivity index (χ2v) is 6.74. The van der Waals surface area contributed by atoms with E-state index in [-0.39, 0.29) is 6.04 Å². The van der Waals surface area contributed by atoms with Crippen LogP contribution in [0.15, 0.2) is 42.6 Å². The number of para-hydroxylation sites is 1. The van der Waals surface area contributed by atoms with Gasteiger partial charge in [0.05, 0.1) is 17.4 Å². The third kappa shape index (κ3) is 3.48. The molecule has 1 aliphatic rings. The van der Waals surface area contributed by atoms with E-state index >= 15 is 0 Å². The molecule has 1 unspecified atom stereocenters. The van der Waals surface area contributed by atoms with E-state index in [9.17, 15) is 0 Å². The van der Waals surface area contributed by atoms with E-state index in [0.717, 1.165) is 23.7 Å². The molecule has 4 nitrogen and oxygen atoms in total. The van der Waals surface area contributed by atoms with Crippen molar-refractivity contribution >= 4 is 11.8 Å².